The Labute approximate surface area is 140 Å². The number of ether oxygens (including phenoxy) is 1. The molecule has 5 heteroatoms. The van der Waals surface area contributed by atoms with Crippen LogP contribution in [-0.2, 0) is 0 Å². The van der Waals surface area contributed by atoms with Crippen LogP contribution in [0.15, 0.2) is 42.7 Å². The average Bonchev–Trinajstić information content (AvgIpc) is 2.93. The zero-order valence-electron chi connectivity index (χ0n) is 14.2. The van der Waals surface area contributed by atoms with Gasteiger partial charge in [0.2, 0.25) is 0 Å². The van der Waals surface area contributed by atoms with Gasteiger partial charge in [-0.25, -0.2) is 14.5 Å². The number of carbonyl (C=O) groups excluding carboxylic acids is 1. The molecule has 1 aromatic carbocycles. The van der Waals surface area contributed by atoms with Gasteiger partial charge in [0.25, 0.3) is 0 Å². The molecule has 0 unspecified atom stereocenters. The maximum Gasteiger partial charge on any atom is 0.347 e. The minimum Gasteiger partial charge on any atom is -0.422 e. The summed E-state index contributed by atoms with van der Waals surface area (Å²) >= 11 is 0. The molecule has 0 bridgehead atoms. The highest BCUT2D eigenvalue weighted by Gasteiger charge is 2.19. The van der Waals surface area contributed by atoms with Gasteiger partial charge in [0.15, 0.2) is 5.82 Å². The molecule has 0 aliphatic heterocycles. The summed E-state index contributed by atoms with van der Waals surface area (Å²) in [5.41, 5.74) is 4.15. The summed E-state index contributed by atoms with van der Waals surface area (Å²) in [4.78, 5) is 16.8. The molecule has 0 radical (unpaired) electrons. The van der Waals surface area contributed by atoms with Crippen molar-refractivity contribution in [3.8, 4) is 11.6 Å². The van der Waals surface area contributed by atoms with Gasteiger partial charge in [-0.3, -0.25) is 0 Å². The summed E-state index contributed by atoms with van der Waals surface area (Å²) < 4.78 is 7.26. The lowest BCUT2D eigenvalue weighted by molar-refractivity contribution is 0.0731. The normalized spacial score (nSPS) is 10.7. The first kappa shape index (κ1) is 15.9. The smallest absolute Gasteiger partial charge is 0.347 e. The van der Waals surface area contributed by atoms with Crippen LogP contribution in [0.5, 0.6) is 5.75 Å². The lowest BCUT2D eigenvalue weighted by Crippen LogP contribution is -2.12. The number of pyridine rings is 1. The summed E-state index contributed by atoms with van der Waals surface area (Å²) in [6.45, 7) is 7.72. The van der Waals surface area contributed by atoms with E-state index in [1.807, 2.05) is 58.0 Å². The average molecular weight is 321 g/mol. The van der Waals surface area contributed by atoms with Crippen molar-refractivity contribution >= 4 is 5.97 Å². The highest BCUT2D eigenvalue weighted by atomic mass is 16.5. The van der Waals surface area contributed by atoms with E-state index < -0.39 is 5.97 Å². The van der Waals surface area contributed by atoms with Gasteiger partial charge in [0.1, 0.15) is 11.3 Å². The van der Waals surface area contributed by atoms with Crippen LogP contribution >= 0.6 is 0 Å². The van der Waals surface area contributed by atoms with Crippen molar-refractivity contribution in [3.63, 3.8) is 0 Å². The molecule has 5 nitrogen and oxygen atoms in total. The van der Waals surface area contributed by atoms with Gasteiger partial charge >= 0.3 is 5.97 Å². The summed E-state index contributed by atoms with van der Waals surface area (Å²) in [5, 5.41) is 4.26. The largest absolute Gasteiger partial charge is 0.422 e. The van der Waals surface area contributed by atoms with Gasteiger partial charge in [-0.05, 0) is 51.0 Å². The van der Waals surface area contributed by atoms with Gasteiger partial charge < -0.3 is 4.74 Å². The Balaban J connectivity index is 1.91. The summed E-state index contributed by atoms with van der Waals surface area (Å²) in [5.74, 6) is 0.858. The molecule has 2 aromatic heterocycles. The molecule has 0 spiro atoms. The number of hydrogen-bond acceptors (Lipinski definition) is 4. The predicted molar refractivity (Wildman–Crippen MR) is 91.7 cm³/mol. The lowest BCUT2D eigenvalue weighted by Gasteiger charge is -2.11. The van der Waals surface area contributed by atoms with Crippen molar-refractivity contribution in [1.82, 2.24) is 14.8 Å². The number of carbonyl (C=O) groups is 1. The first-order valence-corrected chi connectivity index (χ1v) is 7.73. The Morgan fingerprint density at radius 1 is 1.08 bits per heavy atom. The first-order chi connectivity index (χ1) is 11.5. The molecule has 3 rings (SSSR count). The maximum atomic E-state index is 12.6. The van der Waals surface area contributed by atoms with Crippen molar-refractivity contribution in [2.75, 3.05) is 0 Å². The van der Waals surface area contributed by atoms with Crippen LogP contribution in [0.25, 0.3) is 5.82 Å². The number of aromatic nitrogens is 3. The monoisotopic (exact) mass is 321 g/mol. The molecule has 0 amide bonds. The van der Waals surface area contributed by atoms with Crippen molar-refractivity contribution in [2.24, 2.45) is 0 Å². The second-order valence-electron chi connectivity index (χ2n) is 5.86. The highest BCUT2D eigenvalue weighted by Crippen LogP contribution is 2.26. The first-order valence-electron chi connectivity index (χ1n) is 7.73. The van der Waals surface area contributed by atoms with E-state index in [1.54, 1.807) is 10.9 Å². The van der Waals surface area contributed by atoms with Gasteiger partial charge in [0, 0.05) is 6.20 Å². The van der Waals surface area contributed by atoms with Crippen molar-refractivity contribution in [3.05, 3.63) is 70.7 Å². The minimum atomic E-state index is -0.412. The molecule has 0 aliphatic rings. The fourth-order valence-electron chi connectivity index (χ4n) is 2.80. The number of rotatable bonds is 3. The number of benzene rings is 1. The SMILES string of the molecule is Cc1cc(C)c(OC(=O)c2cnn(-c3ccccn3)c2C)c(C)c1. The molecule has 0 saturated heterocycles. The second-order valence-corrected chi connectivity index (χ2v) is 5.86. The van der Waals surface area contributed by atoms with E-state index in [0.717, 1.165) is 16.7 Å². The topological polar surface area (TPSA) is 57.0 Å². The molecular weight excluding hydrogens is 302 g/mol. The van der Waals surface area contributed by atoms with Crippen LogP contribution in [0.1, 0.15) is 32.7 Å². The zero-order chi connectivity index (χ0) is 17.3. The van der Waals surface area contributed by atoms with Gasteiger partial charge in [-0.2, -0.15) is 5.10 Å². The van der Waals surface area contributed by atoms with Crippen molar-refractivity contribution < 1.29 is 9.53 Å². The minimum absolute atomic E-state index is 0.412. The predicted octanol–water partition coefficient (Wildman–Crippen LogP) is 3.72. The standard InChI is InChI=1S/C19H19N3O2/c1-12-9-13(2)18(14(3)10-12)24-19(23)16-11-21-22(15(16)4)17-7-5-6-8-20-17/h5-11H,1-4H3. The summed E-state index contributed by atoms with van der Waals surface area (Å²) in [6, 6.07) is 9.55. The molecule has 0 aliphatic carbocycles. The Kier molecular flexibility index (Phi) is 4.16. The van der Waals surface area contributed by atoms with E-state index in [-0.39, 0.29) is 0 Å². The molecule has 2 heterocycles. The fraction of sp³-hybridized carbons (Fsp3) is 0.211. The number of hydrogen-bond donors (Lipinski definition) is 0. The maximum absolute atomic E-state index is 12.6. The number of aryl methyl sites for hydroxylation is 3. The van der Waals surface area contributed by atoms with E-state index in [4.69, 9.17) is 4.74 Å². The quantitative estimate of drug-likeness (QED) is 0.545. The molecule has 0 saturated carbocycles. The Morgan fingerprint density at radius 3 is 2.42 bits per heavy atom. The van der Waals surface area contributed by atoms with E-state index >= 15 is 0 Å². The van der Waals surface area contributed by atoms with Crippen molar-refractivity contribution in [2.45, 2.75) is 27.7 Å². The molecular formula is C19H19N3O2. The van der Waals surface area contributed by atoms with E-state index in [9.17, 15) is 4.79 Å². The second kappa shape index (κ2) is 6.28. The van der Waals surface area contributed by atoms with Crippen LogP contribution in [0.4, 0.5) is 0 Å². The lowest BCUT2D eigenvalue weighted by atomic mass is 10.1. The third-order valence-corrected chi connectivity index (χ3v) is 3.90. The van der Waals surface area contributed by atoms with Gasteiger partial charge in [-0.15, -0.1) is 0 Å². The molecule has 0 atom stereocenters. The third kappa shape index (κ3) is 2.93. The highest BCUT2D eigenvalue weighted by molar-refractivity contribution is 5.92. The zero-order valence-corrected chi connectivity index (χ0v) is 14.2. The molecule has 0 fully saturated rings. The van der Waals surface area contributed by atoms with E-state index in [0.29, 0.717) is 22.8 Å². The summed E-state index contributed by atoms with van der Waals surface area (Å²) in [6.07, 6.45) is 3.21. The van der Waals surface area contributed by atoms with E-state index in [2.05, 4.69) is 10.1 Å². The van der Waals surface area contributed by atoms with Crippen LogP contribution in [0.3, 0.4) is 0 Å². The molecule has 24 heavy (non-hydrogen) atoms. The van der Waals surface area contributed by atoms with Gasteiger partial charge in [-0.1, -0.05) is 23.8 Å². The molecule has 122 valence electrons. The fourth-order valence-corrected chi connectivity index (χ4v) is 2.80. The summed E-state index contributed by atoms with van der Waals surface area (Å²) in [7, 11) is 0. The molecule has 3 aromatic rings. The van der Waals surface area contributed by atoms with Crippen LogP contribution in [0, 0.1) is 27.7 Å². The third-order valence-electron chi connectivity index (χ3n) is 3.90. The van der Waals surface area contributed by atoms with E-state index in [1.165, 1.54) is 6.20 Å². The van der Waals surface area contributed by atoms with Crippen LogP contribution < -0.4 is 4.74 Å². The number of esters is 1. The van der Waals surface area contributed by atoms with Gasteiger partial charge in [0.05, 0.1) is 11.9 Å². The van der Waals surface area contributed by atoms with Crippen molar-refractivity contribution in [1.29, 1.82) is 0 Å². The Morgan fingerprint density at radius 2 is 1.79 bits per heavy atom. The molecule has 0 N–H and O–H groups in total. The van der Waals surface area contributed by atoms with Crippen LogP contribution in [0.2, 0.25) is 0 Å². The Bertz CT molecular complexity index is 875. The Hall–Kier alpha value is -2.95. The number of nitrogens with zero attached hydrogens (tertiary/aromatic N) is 3. The van der Waals surface area contributed by atoms with Crippen LogP contribution in [-0.4, -0.2) is 20.7 Å².